The highest BCUT2D eigenvalue weighted by Crippen LogP contribution is 2.33. The Morgan fingerprint density at radius 2 is 2.08 bits per heavy atom. The van der Waals surface area contributed by atoms with Gasteiger partial charge in [0.25, 0.3) is 0 Å². The average Bonchev–Trinajstić information content (AvgIpc) is 3.00. The van der Waals surface area contributed by atoms with Gasteiger partial charge in [0.2, 0.25) is 5.88 Å². The summed E-state index contributed by atoms with van der Waals surface area (Å²) in [6, 6.07) is 7.23. The van der Waals surface area contributed by atoms with E-state index in [4.69, 9.17) is 4.74 Å². The summed E-state index contributed by atoms with van der Waals surface area (Å²) in [6.07, 6.45) is 1.50. The van der Waals surface area contributed by atoms with E-state index < -0.39 is 11.8 Å². The zero-order valence-corrected chi connectivity index (χ0v) is 13.6. The third kappa shape index (κ3) is 3.32. The largest absolute Gasteiger partial charge is 0.478 e. The van der Waals surface area contributed by atoms with E-state index in [0.717, 1.165) is 0 Å². The van der Waals surface area contributed by atoms with Crippen LogP contribution in [0.15, 0.2) is 36.7 Å². The first kappa shape index (κ1) is 16.6. The lowest BCUT2D eigenvalue weighted by atomic mass is 9.99. The van der Waals surface area contributed by atoms with Crippen LogP contribution in [-0.4, -0.2) is 37.4 Å². The number of carboxylic acid groups (broad SMARTS) is 1. The van der Waals surface area contributed by atoms with Gasteiger partial charge >= 0.3 is 5.97 Å². The number of aromatic nitrogens is 4. The van der Waals surface area contributed by atoms with Crippen LogP contribution in [0.4, 0.5) is 4.39 Å². The summed E-state index contributed by atoms with van der Waals surface area (Å²) in [5, 5.41) is 17.1. The van der Waals surface area contributed by atoms with Crippen LogP contribution in [0.1, 0.15) is 17.4 Å². The number of hydrogen-bond donors (Lipinski definition) is 1. The van der Waals surface area contributed by atoms with Gasteiger partial charge in [-0.3, -0.25) is 0 Å². The predicted molar refractivity (Wildman–Crippen MR) is 87.8 cm³/mol. The van der Waals surface area contributed by atoms with Gasteiger partial charge in [0.1, 0.15) is 12.1 Å². The number of aromatic carboxylic acids is 1. The smallest absolute Gasteiger partial charge is 0.354 e. The van der Waals surface area contributed by atoms with Crippen LogP contribution in [0.2, 0.25) is 0 Å². The van der Waals surface area contributed by atoms with Gasteiger partial charge in [0.05, 0.1) is 6.61 Å². The van der Waals surface area contributed by atoms with Gasteiger partial charge in [0, 0.05) is 18.7 Å². The Hall–Kier alpha value is -3.29. The minimum atomic E-state index is -1.18. The van der Waals surface area contributed by atoms with Crippen molar-refractivity contribution >= 4 is 5.97 Å². The maximum absolute atomic E-state index is 13.8. The van der Waals surface area contributed by atoms with Crippen LogP contribution in [-0.2, 0) is 7.05 Å². The standard InChI is InChI=1S/C17H15FN4O3/c1-3-25-15-7-10(6-14(20-15)17(23)24)12-5-4-11(18)8-13(12)16-21-19-9-22(16)2/h4-9H,3H2,1-2H3,(H,23,24). The molecule has 25 heavy (non-hydrogen) atoms. The molecular weight excluding hydrogens is 327 g/mol. The number of pyridine rings is 1. The van der Waals surface area contributed by atoms with Crippen molar-refractivity contribution in [1.29, 1.82) is 0 Å². The monoisotopic (exact) mass is 342 g/mol. The van der Waals surface area contributed by atoms with E-state index in [1.807, 2.05) is 0 Å². The summed E-state index contributed by atoms with van der Waals surface area (Å²) in [5.74, 6) is -0.962. The molecule has 2 heterocycles. The normalized spacial score (nSPS) is 10.7. The van der Waals surface area contributed by atoms with Gasteiger partial charge in [0.15, 0.2) is 11.5 Å². The SMILES string of the molecule is CCOc1cc(-c2ccc(F)cc2-c2nncn2C)cc(C(=O)O)n1. The molecule has 0 aliphatic heterocycles. The van der Waals surface area contributed by atoms with Gasteiger partial charge in [-0.1, -0.05) is 6.07 Å². The first-order chi connectivity index (χ1) is 12.0. The molecule has 0 fully saturated rings. The average molecular weight is 342 g/mol. The van der Waals surface area contributed by atoms with Crippen LogP contribution >= 0.6 is 0 Å². The molecule has 0 saturated carbocycles. The highest BCUT2D eigenvalue weighted by molar-refractivity contribution is 5.89. The van der Waals surface area contributed by atoms with E-state index >= 15 is 0 Å². The summed E-state index contributed by atoms with van der Waals surface area (Å²) in [4.78, 5) is 15.3. The molecule has 7 nitrogen and oxygen atoms in total. The van der Waals surface area contributed by atoms with Crippen molar-refractivity contribution in [3.8, 4) is 28.4 Å². The molecule has 0 amide bonds. The summed E-state index contributed by atoms with van der Waals surface area (Å²) >= 11 is 0. The quantitative estimate of drug-likeness (QED) is 0.767. The number of carbonyl (C=O) groups is 1. The molecule has 1 aromatic carbocycles. The fourth-order valence-electron chi connectivity index (χ4n) is 2.47. The van der Waals surface area contributed by atoms with E-state index in [9.17, 15) is 14.3 Å². The third-order valence-corrected chi connectivity index (χ3v) is 3.56. The van der Waals surface area contributed by atoms with Gasteiger partial charge in [-0.05, 0) is 36.2 Å². The lowest BCUT2D eigenvalue weighted by Crippen LogP contribution is -2.04. The highest BCUT2D eigenvalue weighted by atomic mass is 19.1. The molecule has 0 unspecified atom stereocenters. The molecule has 3 rings (SSSR count). The fourth-order valence-corrected chi connectivity index (χ4v) is 2.47. The topological polar surface area (TPSA) is 90.1 Å². The summed E-state index contributed by atoms with van der Waals surface area (Å²) in [5.41, 5.74) is 1.47. The lowest BCUT2D eigenvalue weighted by molar-refractivity contribution is 0.0689. The number of halogens is 1. The maximum atomic E-state index is 13.8. The fraction of sp³-hybridized carbons (Fsp3) is 0.176. The van der Waals surface area contributed by atoms with Crippen LogP contribution in [0.25, 0.3) is 22.5 Å². The van der Waals surface area contributed by atoms with E-state index in [1.54, 1.807) is 30.7 Å². The van der Waals surface area contributed by atoms with E-state index in [0.29, 0.717) is 29.1 Å². The molecule has 0 saturated heterocycles. The zero-order chi connectivity index (χ0) is 18.0. The van der Waals surface area contributed by atoms with Crippen LogP contribution < -0.4 is 4.74 Å². The zero-order valence-electron chi connectivity index (χ0n) is 13.6. The molecular formula is C17H15FN4O3. The van der Waals surface area contributed by atoms with Gasteiger partial charge < -0.3 is 14.4 Å². The predicted octanol–water partition coefficient (Wildman–Crippen LogP) is 2.78. The van der Waals surface area contributed by atoms with Crippen LogP contribution in [0.5, 0.6) is 5.88 Å². The van der Waals surface area contributed by atoms with E-state index in [-0.39, 0.29) is 11.6 Å². The number of hydrogen-bond acceptors (Lipinski definition) is 5. The Bertz CT molecular complexity index is 939. The first-order valence-corrected chi connectivity index (χ1v) is 7.52. The number of rotatable bonds is 5. The first-order valence-electron chi connectivity index (χ1n) is 7.52. The minimum Gasteiger partial charge on any atom is -0.478 e. The Kier molecular flexibility index (Phi) is 4.42. The molecule has 1 N–H and O–H groups in total. The van der Waals surface area contributed by atoms with Crippen molar-refractivity contribution in [3.63, 3.8) is 0 Å². The minimum absolute atomic E-state index is 0.158. The number of aryl methyl sites for hydroxylation is 1. The molecule has 3 aromatic rings. The molecule has 0 radical (unpaired) electrons. The number of benzene rings is 1. The molecule has 0 aliphatic carbocycles. The summed E-state index contributed by atoms with van der Waals surface area (Å²) < 4.78 is 20.8. The van der Waals surface area contributed by atoms with Crippen molar-refractivity contribution in [3.05, 3.63) is 48.2 Å². The molecule has 0 bridgehead atoms. The Morgan fingerprint density at radius 3 is 2.72 bits per heavy atom. The maximum Gasteiger partial charge on any atom is 0.354 e. The lowest BCUT2D eigenvalue weighted by Gasteiger charge is -2.12. The van der Waals surface area contributed by atoms with Crippen molar-refractivity contribution in [1.82, 2.24) is 19.7 Å². The number of carboxylic acids is 1. The second-order valence-corrected chi connectivity index (χ2v) is 5.27. The van der Waals surface area contributed by atoms with Crippen LogP contribution in [0, 0.1) is 5.82 Å². The summed E-state index contributed by atoms with van der Waals surface area (Å²) in [7, 11) is 1.74. The van der Waals surface area contributed by atoms with Crippen molar-refractivity contribution < 1.29 is 19.0 Å². The van der Waals surface area contributed by atoms with E-state index in [1.165, 1.54) is 24.5 Å². The third-order valence-electron chi connectivity index (χ3n) is 3.56. The number of ether oxygens (including phenoxy) is 1. The molecule has 8 heteroatoms. The van der Waals surface area contributed by atoms with Gasteiger partial charge in [-0.15, -0.1) is 10.2 Å². The van der Waals surface area contributed by atoms with Gasteiger partial charge in [-0.25, -0.2) is 14.2 Å². The number of nitrogens with zero attached hydrogens (tertiary/aromatic N) is 4. The second kappa shape index (κ2) is 6.68. The van der Waals surface area contributed by atoms with Crippen molar-refractivity contribution in [2.45, 2.75) is 6.92 Å². The Morgan fingerprint density at radius 1 is 1.28 bits per heavy atom. The summed E-state index contributed by atoms with van der Waals surface area (Å²) in [6.45, 7) is 2.12. The Labute approximate surface area is 142 Å². The second-order valence-electron chi connectivity index (χ2n) is 5.27. The van der Waals surface area contributed by atoms with Gasteiger partial charge in [-0.2, -0.15) is 0 Å². The van der Waals surface area contributed by atoms with Crippen LogP contribution in [0.3, 0.4) is 0 Å². The van der Waals surface area contributed by atoms with Crippen molar-refractivity contribution in [2.24, 2.45) is 7.05 Å². The Balaban J connectivity index is 2.23. The molecule has 2 aromatic heterocycles. The molecule has 0 aliphatic rings. The highest BCUT2D eigenvalue weighted by Gasteiger charge is 2.17. The molecule has 0 atom stereocenters. The van der Waals surface area contributed by atoms with E-state index in [2.05, 4.69) is 15.2 Å². The molecule has 128 valence electrons. The van der Waals surface area contributed by atoms with Crippen molar-refractivity contribution in [2.75, 3.05) is 6.61 Å². The molecule has 0 spiro atoms.